The molecule has 0 aliphatic rings. The lowest BCUT2D eigenvalue weighted by Gasteiger charge is -2.21. The van der Waals surface area contributed by atoms with Crippen molar-refractivity contribution in [2.75, 3.05) is 39.6 Å². The Labute approximate surface area is 594 Å². The molecule has 19 heteroatoms. The summed E-state index contributed by atoms with van der Waals surface area (Å²) in [6.07, 6.45) is 55.5. The van der Waals surface area contributed by atoms with Crippen molar-refractivity contribution in [1.29, 1.82) is 0 Å². The van der Waals surface area contributed by atoms with Crippen LogP contribution in [0.1, 0.15) is 402 Å². The van der Waals surface area contributed by atoms with E-state index >= 15 is 0 Å². The van der Waals surface area contributed by atoms with Crippen LogP contribution in [0.25, 0.3) is 0 Å². The van der Waals surface area contributed by atoms with Crippen molar-refractivity contribution < 1.29 is 80.2 Å². The Morgan fingerprint density at radius 3 is 0.784 bits per heavy atom. The van der Waals surface area contributed by atoms with E-state index in [0.29, 0.717) is 25.7 Å². The van der Waals surface area contributed by atoms with E-state index in [1.165, 1.54) is 205 Å². The molecule has 97 heavy (non-hydrogen) atoms. The minimum absolute atomic E-state index is 0.105. The number of esters is 4. The second-order valence-corrected chi connectivity index (χ2v) is 32.2. The molecule has 0 bridgehead atoms. The van der Waals surface area contributed by atoms with Crippen LogP contribution in [0.15, 0.2) is 0 Å². The van der Waals surface area contributed by atoms with Gasteiger partial charge in [0.2, 0.25) is 0 Å². The maximum atomic E-state index is 13.1. The lowest BCUT2D eigenvalue weighted by molar-refractivity contribution is -0.161. The number of ether oxygens (including phenoxy) is 4. The highest BCUT2D eigenvalue weighted by Gasteiger charge is 2.30. The third-order valence-electron chi connectivity index (χ3n) is 18.5. The summed E-state index contributed by atoms with van der Waals surface area (Å²) in [6.45, 7) is 11.9. The largest absolute Gasteiger partial charge is 0.472 e. The first-order valence-electron chi connectivity index (χ1n) is 40.4. The Kier molecular flexibility index (Phi) is 67.1. The van der Waals surface area contributed by atoms with Crippen molar-refractivity contribution >= 4 is 39.5 Å². The summed E-state index contributed by atoms with van der Waals surface area (Å²) >= 11 is 0. The Hall–Kier alpha value is -1.94. The van der Waals surface area contributed by atoms with Gasteiger partial charge in [0, 0.05) is 25.7 Å². The van der Waals surface area contributed by atoms with Crippen molar-refractivity contribution in [2.45, 2.75) is 420 Å². The molecule has 0 saturated carbocycles. The molecule has 576 valence electrons. The molecule has 0 saturated heterocycles. The Morgan fingerprint density at radius 2 is 0.526 bits per heavy atom. The summed E-state index contributed by atoms with van der Waals surface area (Å²) in [5, 5.41) is 10.6. The fraction of sp³-hybridized carbons (Fsp3) is 0.949. The van der Waals surface area contributed by atoms with Crippen LogP contribution in [0.3, 0.4) is 0 Å². The maximum Gasteiger partial charge on any atom is 0.472 e. The SMILES string of the molecule is CCCCCCCCCCCCCCCCCCCCCC(=O)O[C@H](COC(=O)CCCCCCCCCCCCCC(C)C)COP(=O)(O)OC[C@@H](O)COP(=O)(O)OC[C@@H](COC(=O)CCCCCCCCC(C)CC)OC(=O)CCCCCCCCCCCCCC(C)C. The molecule has 0 spiro atoms. The molecular weight excluding hydrogens is 1270 g/mol. The summed E-state index contributed by atoms with van der Waals surface area (Å²) in [7, 11) is -9.92. The van der Waals surface area contributed by atoms with Crippen molar-refractivity contribution in [3.63, 3.8) is 0 Å². The summed E-state index contributed by atoms with van der Waals surface area (Å²) in [5.74, 6) is 0.151. The van der Waals surface area contributed by atoms with E-state index in [9.17, 15) is 43.2 Å². The van der Waals surface area contributed by atoms with Crippen molar-refractivity contribution in [2.24, 2.45) is 17.8 Å². The van der Waals surface area contributed by atoms with Gasteiger partial charge in [0.25, 0.3) is 0 Å². The molecule has 0 aliphatic heterocycles. The Morgan fingerprint density at radius 1 is 0.299 bits per heavy atom. The van der Waals surface area contributed by atoms with E-state index in [1.54, 1.807) is 0 Å². The highest BCUT2D eigenvalue weighted by atomic mass is 31.2. The second kappa shape index (κ2) is 68.5. The second-order valence-electron chi connectivity index (χ2n) is 29.3. The number of aliphatic hydroxyl groups is 1. The molecule has 0 fully saturated rings. The first kappa shape index (κ1) is 95.1. The molecule has 3 unspecified atom stereocenters. The number of hydrogen-bond donors (Lipinski definition) is 3. The highest BCUT2D eigenvalue weighted by molar-refractivity contribution is 7.47. The zero-order valence-electron chi connectivity index (χ0n) is 63.5. The molecule has 0 radical (unpaired) electrons. The molecule has 17 nitrogen and oxygen atoms in total. The van der Waals surface area contributed by atoms with Crippen LogP contribution in [-0.2, 0) is 65.4 Å². The monoisotopic (exact) mass is 1420 g/mol. The number of hydrogen-bond acceptors (Lipinski definition) is 15. The van der Waals surface area contributed by atoms with E-state index in [1.807, 2.05) is 0 Å². The molecule has 0 rings (SSSR count). The van der Waals surface area contributed by atoms with Gasteiger partial charge in [-0.25, -0.2) is 9.13 Å². The maximum absolute atomic E-state index is 13.1. The van der Waals surface area contributed by atoms with E-state index in [2.05, 4.69) is 48.5 Å². The average Bonchev–Trinajstić information content (AvgIpc) is 1.06. The summed E-state index contributed by atoms with van der Waals surface area (Å²) in [6, 6.07) is 0. The molecular formula is C78H152O17P2. The molecule has 0 amide bonds. The molecule has 0 aromatic heterocycles. The van der Waals surface area contributed by atoms with E-state index in [-0.39, 0.29) is 25.7 Å². The molecule has 0 aromatic carbocycles. The fourth-order valence-corrected chi connectivity index (χ4v) is 13.5. The zero-order chi connectivity index (χ0) is 71.6. The lowest BCUT2D eigenvalue weighted by Crippen LogP contribution is -2.30. The predicted octanol–water partition coefficient (Wildman–Crippen LogP) is 23.0. The van der Waals surface area contributed by atoms with Crippen LogP contribution in [0.5, 0.6) is 0 Å². The summed E-state index contributed by atoms with van der Waals surface area (Å²) in [5.41, 5.74) is 0. The van der Waals surface area contributed by atoms with Gasteiger partial charge < -0.3 is 33.8 Å². The van der Waals surface area contributed by atoms with Crippen LogP contribution in [-0.4, -0.2) is 96.7 Å². The van der Waals surface area contributed by atoms with Gasteiger partial charge in [-0.1, -0.05) is 350 Å². The standard InChI is InChI=1S/C78H152O17P2/c1-8-10-11-12-13-14-15-16-17-18-19-20-21-22-27-33-38-47-54-61-77(82)94-73(65-88-75(80)59-52-45-37-32-28-23-25-30-35-42-49-56-69(3)4)67-92-96(84,85)90-63-72(79)64-91-97(86,87)93-68-74(66-89-76(81)60-53-46-41-40-44-51-58-71(7)9-2)95-78(83)62-55-48-39-34-29-24-26-31-36-43-50-57-70(5)6/h69-74,79H,8-68H2,1-7H3,(H,84,85)(H,86,87)/t71?,72-,73-,74-/m1/s1. The van der Waals surface area contributed by atoms with Crippen molar-refractivity contribution in [3.05, 3.63) is 0 Å². The van der Waals surface area contributed by atoms with Gasteiger partial charge in [0.1, 0.15) is 19.3 Å². The van der Waals surface area contributed by atoms with Gasteiger partial charge in [0.05, 0.1) is 26.4 Å². The van der Waals surface area contributed by atoms with Gasteiger partial charge in [-0.15, -0.1) is 0 Å². The molecule has 3 N–H and O–H groups in total. The molecule has 0 aromatic rings. The third-order valence-corrected chi connectivity index (χ3v) is 20.4. The minimum atomic E-state index is -4.96. The number of rotatable bonds is 76. The Bertz CT molecular complexity index is 1890. The molecule has 0 aliphatic carbocycles. The molecule has 6 atom stereocenters. The van der Waals surface area contributed by atoms with E-state index in [4.69, 9.17) is 37.0 Å². The molecule has 0 heterocycles. The number of carbonyl (C=O) groups is 4. The van der Waals surface area contributed by atoms with E-state index in [0.717, 1.165) is 114 Å². The van der Waals surface area contributed by atoms with Crippen LogP contribution in [0, 0.1) is 17.8 Å². The summed E-state index contributed by atoms with van der Waals surface area (Å²) < 4.78 is 68.6. The lowest BCUT2D eigenvalue weighted by atomic mass is 10.00. The summed E-state index contributed by atoms with van der Waals surface area (Å²) in [4.78, 5) is 72.9. The van der Waals surface area contributed by atoms with Gasteiger partial charge in [-0.05, 0) is 43.4 Å². The first-order chi connectivity index (χ1) is 46.8. The normalized spacial score (nSPS) is 14.3. The smallest absolute Gasteiger partial charge is 0.462 e. The van der Waals surface area contributed by atoms with Crippen LogP contribution in [0.2, 0.25) is 0 Å². The van der Waals surface area contributed by atoms with Crippen LogP contribution >= 0.6 is 15.6 Å². The Balaban J connectivity index is 5.24. The van der Waals surface area contributed by atoms with E-state index < -0.39 is 97.5 Å². The van der Waals surface area contributed by atoms with Crippen molar-refractivity contribution in [1.82, 2.24) is 0 Å². The topological polar surface area (TPSA) is 237 Å². The number of carbonyl (C=O) groups excluding carboxylic acids is 4. The number of phosphoric ester groups is 2. The third kappa shape index (κ3) is 70.9. The predicted molar refractivity (Wildman–Crippen MR) is 395 cm³/mol. The van der Waals surface area contributed by atoms with Crippen LogP contribution < -0.4 is 0 Å². The number of phosphoric acid groups is 2. The minimum Gasteiger partial charge on any atom is -0.462 e. The van der Waals surface area contributed by atoms with Crippen LogP contribution in [0.4, 0.5) is 0 Å². The number of aliphatic hydroxyl groups excluding tert-OH is 1. The first-order valence-corrected chi connectivity index (χ1v) is 43.4. The zero-order valence-corrected chi connectivity index (χ0v) is 65.3. The van der Waals surface area contributed by atoms with Gasteiger partial charge in [-0.2, -0.15) is 0 Å². The van der Waals surface area contributed by atoms with Gasteiger partial charge >= 0.3 is 39.5 Å². The fourth-order valence-electron chi connectivity index (χ4n) is 11.9. The number of unbranched alkanes of at least 4 members (excludes halogenated alkanes) is 43. The van der Waals surface area contributed by atoms with Gasteiger partial charge in [0.15, 0.2) is 12.2 Å². The van der Waals surface area contributed by atoms with Gasteiger partial charge in [-0.3, -0.25) is 37.3 Å². The quantitative estimate of drug-likeness (QED) is 0.0222. The average molecular weight is 1420 g/mol. The van der Waals surface area contributed by atoms with Crippen molar-refractivity contribution in [3.8, 4) is 0 Å². The highest BCUT2D eigenvalue weighted by Crippen LogP contribution is 2.45.